The second kappa shape index (κ2) is 5.72. The molecule has 0 aromatic carbocycles. The van der Waals surface area contributed by atoms with E-state index < -0.39 is 6.10 Å². The zero-order chi connectivity index (χ0) is 13.0. The van der Waals surface area contributed by atoms with Crippen LogP contribution in [0.25, 0.3) is 0 Å². The van der Waals surface area contributed by atoms with Crippen LogP contribution in [0.5, 0.6) is 0 Å². The summed E-state index contributed by atoms with van der Waals surface area (Å²) in [4.78, 5) is 11.9. The number of aliphatic hydroxyl groups is 1. The van der Waals surface area contributed by atoms with Gasteiger partial charge in [0, 0.05) is 19.3 Å². The van der Waals surface area contributed by atoms with Gasteiger partial charge in [-0.3, -0.25) is 4.79 Å². The third-order valence-electron chi connectivity index (χ3n) is 2.73. The molecule has 0 aliphatic heterocycles. The Balaban J connectivity index is 2.63. The average molecular weight is 239 g/mol. The number of rotatable bonds is 5. The van der Waals surface area contributed by atoms with E-state index in [1.165, 1.54) is 0 Å². The zero-order valence-corrected chi connectivity index (χ0v) is 10.6. The number of hydrogen-bond acceptors (Lipinski definition) is 3. The van der Waals surface area contributed by atoms with Crippen molar-refractivity contribution >= 4 is 11.6 Å². The Morgan fingerprint density at radius 2 is 2.24 bits per heavy atom. The first kappa shape index (κ1) is 13.6. The molecule has 0 spiro atoms. The summed E-state index contributed by atoms with van der Waals surface area (Å²) in [6, 6.07) is 1.64. The van der Waals surface area contributed by atoms with Crippen molar-refractivity contribution in [2.75, 3.05) is 12.3 Å². The zero-order valence-electron chi connectivity index (χ0n) is 10.6. The van der Waals surface area contributed by atoms with Gasteiger partial charge < -0.3 is 20.7 Å². The van der Waals surface area contributed by atoms with E-state index in [4.69, 9.17) is 5.73 Å². The summed E-state index contributed by atoms with van der Waals surface area (Å²) < 4.78 is 1.78. The summed E-state index contributed by atoms with van der Waals surface area (Å²) in [5, 5.41) is 12.3. The van der Waals surface area contributed by atoms with Gasteiger partial charge in [-0.05, 0) is 18.9 Å². The maximum atomic E-state index is 11.9. The van der Waals surface area contributed by atoms with Crippen LogP contribution in [0.15, 0.2) is 12.3 Å². The van der Waals surface area contributed by atoms with Crippen LogP contribution in [0.1, 0.15) is 31.3 Å². The smallest absolute Gasteiger partial charge is 0.268 e. The molecule has 4 N–H and O–H groups in total. The molecule has 1 unspecified atom stereocenters. The Hall–Kier alpha value is -1.49. The van der Waals surface area contributed by atoms with E-state index in [9.17, 15) is 9.90 Å². The minimum absolute atomic E-state index is 0.123. The van der Waals surface area contributed by atoms with Gasteiger partial charge in [-0.2, -0.15) is 0 Å². The number of carbonyl (C=O) groups excluding carboxylic acids is 1. The lowest BCUT2D eigenvalue weighted by Crippen LogP contribution is -2.35. The topological polar surface area (TPSA) is 80.3 Å². The largest absolute Gasteiger partial charge is 0.397 e. The van der Waals surface area contributed by atoms with Crippen LogP contribution in [0.2, 0.25) is 0 Å². The monoisotopic (exact) mass is 239 g/mol. The summed E-state index contributed by atoms with van der Waals surface area (Å²) in [6.45, 7) is 6.70. The summed E-state index contributed by atoms with van der Waals surface area (Å²) in [5.41, 5.74) is 6.75. The fraction of sp³-hybridized carbons (Fsp3) is 0.583. The second-order valence-electron chi connectivity index (χ2n) is 4.47. The number of anilines is 1. The first-order chi connectivity index (χ1) is 7.95. The molecule has 0 radical (unpaired) electrons. The first-order valence-electron chi connectivity index (χ1n) is 5.87. The molecule has 0 bridgehead atoms. The third kappa shape index (κ3) is 3.49. The standard InChI is InChI=1S/C12H21N3O2/c1-4-15-7-9(13)5-10(15)12(17)14-6-11(16)8(2)3/h5,7-8,11,16H,4,6,13H2,1-3H3,(H,14,17). The van der Waals surface area contributed by atoms with E-state index in [-0.39, 0.29) is 18.4 Å². The Kier molecular flexibility index (Phi) is 4.57. The Bertz CT molecular complexity index is 385. The highest BCUT2D eigenvalue weighted by Gasteiger charge is 2.14. The van der Waals surface area contributed by atoms with Gasteiger partial charge in [0.1, 0.15) is 5.69 Å². The molecule has 1 amide bonds. The summed E-state index contributed by atoms with van der Waals surface area (Å²) in [5.74, 6) is -0.0819. The lowest BCUT2D eigenvalue weighted by molar-refractivity contribution is 0.0863. The number of nitrogens with two attached hydrogens (primary N) is 1. The van der Waals surface area contributed by atoms with Crippen molar-refractivity contribution in [3.8, 4) is 0 Å². The molecule has 1 aromatic heterocycles. The number of nitrogens with one attached hydrogen (secondary N) is 1. The van der Waals surface area contributed by atoms with Gasteiger partial charge in [0.25, 0.3) is 5.91 Å². The van der Waals surface area contributed by atoms with Crippen molar-refractivity contribution in [3.63, 3.8) is 0 Å². The quantitative estimate of drug-likeness (QED) is 0.712. The van der Waals surface area contributed by atoms with E-state index in [2.05, 4.69) is 5.32 Å². The van der Waals surface area contributed by atoms with Crippen molar-refractivity contribution in [2.45, 2.75) is 33.4 Å². The number of aromatic nitrogens is 1. The van der Waals surface area contributed by atoms with Gasteiger partial charge in [0.2, 0.25) is 0 Å². The van der Waals surface area contributed by atoms with Gasteiger partial charge in [-0.25, -0.2) is 0 Å². The minimum Gasteiger partial charge on any atom is -0.397 e. The van der Waals surface area contributed by atoms with Gasteiger partial charge in [-0.15, -0.1) is 0 Å². The van der Waals surface area contributed by atoms with Gasteiger partial charge in [0.15, 0.2) is 0 Å². The number of hydrogen-bond donors (Lipinski definition) is 3. The van der Waals surface area contributed by atoms with Crippen LogP contribution in [0, 0.1) is 5.92 Å². The van der Waals surface area contributed by atoms with Crippen LogP contribution in [0.3, 0.4) is 0 Å². The van der Waals surface area contributed by atoms with Crippen molar-refractivity contribution < 1.29 is 9.90 Å². The van der Waals surface area contributed by atoms with E-state index in [0.717, 1.165) is 0 Å². The molecule has 1 atom stereocenters. The van der Waals surface area contributed by atoms with Gasteiger partial charge in [0.05, 0.1) is 11.8 Å². The van der Waals surface area contributed by atoms with Gasteiger partial charge >= 0.3 is 0 Å². The Morgan fingerprint density at radius 3 is 2.76 bits per heavy atom. The van der Waals surface area contributed by atoms with Crippen LogP contribution >= 0.6 is 0 Å². The third-order valence-corrected chi connectivity index (χ3v) is 2.73. The molecule has 0 saturated heterocycles. The first-order valence-corrected chi connectivity index (χ1v) is 5.87. The molecule has 17 heavy (non-hydrogen) atoms. The molecule has 1 heterocycles. The molecule has 5 heteroatoms. The Morgan fingerprint density at radius 1 is 1.59 bits per heavy atom. The van der Waals surface area contributed by atoms with Gasteiger partial charge in [-0.1, -0.05) is 13.8 Å². The fourth-order valence-corrected chi connectivity index (χ4v) is 1.51. The molecule has 5 nitrogen and oxygen atoms in total. The van der Waals surface area contributed by atoms with Crippen molar-refractivity contribution in [2.24, 2.45) is 5.92 Å². The number of amides is 1. The average Bonchev–Trinajstić information content (AvgIpc) is 2.66. The number of nitrogen functional groups attached to an aromatic ring is 1. The molecule has 1 rings (SSSR count). The summed E-state index contributed by atoms with van der Waals surface area (Å²) in [6.07, 6.45) is 1.20. The van der Waals surface area contributed by atoms with E-state index in [0.29, 0.717) is 17.9 Å². The van der Waals surface area contributed by atoms with Crippen molar-refractivity contribution in [1.29, 1.82) is 0 Å². The minimum atomic E-state index is -0.527. The lowest BCUT2D eigenvalue weighted by atomic mass is 10.1. The van der Waals surface area contributed by atoms with E-state index in [1.807, 2.05) is 20.8 Å². The highest BCUT2D eigenvalue weighted by Crippen LogP contribution is 2.10. The molecular weight excluding hydrogens is 218 g/mol. The second-order valence-corrected chi connectivity index (χ2v) is 4.47. The van der Waals surface area contributed by atoms with Crippen LogP contribution < -0.4 is 11.1 Å². The number of aliphatic hydroxyl groups excluding tert-OH is 1. The van der Waals surface area contributed by atoms with Crippen molar-refractivity contribution in [1.82, 2.24) is 9.88 Å². The van der Waals surface area contributed by atoms with E-state index >= 15 is 0 Å². The maximum Gasteiger partial charge on any atom is 0.268 e. The Labute approximate surface area is 102 Å². The summed E-state index contributed by atoms with van der Waals surface area (Å²) in [7, 11) is 0. The molecule has 1 aromatic rings. The predicted molar refractivity (Wildman–Crippen MR) is 67.7 cm³/mol. The predicted octanol–water partition coefficient (Wildman–Crippen LogP) is 0.837. The molecule has 0 fully saturated rings. The lowest BCUT2D eigenvalue weighted by Gasteiger charge is -2.15. The van der Waals surface area contributed by atoms with Crippen LogP contribution in [0.4, 0.5) is 5.69 Å². The number of aryl methyl sites for hydroxylation is 1. The molecular formula is C12H21N3O2. The number of carbonyl (C=O) groups is 1. The molecule has 96 valence electrons. The molecule has 0 aliphatic carbocycles. The van der Waals surface area contributed by atoms with Crippen LogP contribution in [-0.2, 0) is 6.54 Å². The summed E-state index contributed by atoms with van der Waals surface area (Å²) >= 11 is 0. The molecule has 0 saturated carbocycles. The van der Waals surface area contributed by atoms with Crippen molar-refractivity contribution in [3.05, 3.63) is 18.0 Å². The highest BCUT2D eigenvalue weighted by atomic mass is 16.3. The highest BCUT2D eigenvalue weighted by molar-refractivity contribution is 5.93. The SMILES string of the molecule is CCn1cc(N)cc1C(=O)NCC(O)C(C)C. The van der Waals surface area contributed by atoms with E-state index in [1.54, 1.807) is 16.8 Å². The maximum absolute atomic E-state index is 11.9. The number of nitrogens with zero attached hydrogens (tertiary/aromatic N) is 1. The normalized spacial score (nSPS) is 12.8. The molecule has 0 aliphatic rings. The fourth-order valence-electron chi connectivity index (χ4n) is 1.51. The van der Waals surface area contributed by atoms with Crippen LogP contribution in [-0.4, -0.2) is 28.2 Å².